The molecule has 0 aliphatic carbocycles. The Morgan fingerprint density at radius 1 is 1.04 bits per heavy atom. The monoisotopic (exact) mass is 354 g/mol. The molecule has 0 saturated carbocycles. The van der Waals surface area contributed by atoms with Crippen molar-refractivity contribution >= 4 is 23.4 Å². The Morgan fingerprint density at radius 2 is 1.69 bits per heavy atom. The Labute approximate surface area is 150 Å². The van der Waals surface area contributed by atoms with E-state index in [-0.39, 0.29) is 29.3 Å². The third kappa shape index (κ3) is 4.54. The van der Waals surface area contributed by atoms with Gasteiger partial charge in [0, 0.05) is 5.56 Å². The molecule has 0 aromatic heterocycles. The molecule has 0 radical (unpaired) electrons. The number of hydrogen-bond donors (Lipinski definition) is 1. The van der Waals surface area contributed by atoms with Crippen LogP contribution in [0.5, 0.6) is 0 Å². The second-order valence-electron chi connectivity index (χ2n) is 4.99. The number of aliphatic hydroxyl groups excluding tert-OH is 1. The number of carbonyl (C=O) groups excluding carboxylic acids is 2. The second kappa shape index (κ2) is 9.12. The molecule has 26 heavy (non-hydrogen) atoms. The minimum atomic E-state index is -0.826. The lowest BCUT2D eigenvalue weighted by molar-refractivity contribution is -0.138. The molecule has 0 fully saturated rings. The standard InChI is InChI=1S/C19H18N2O5/c1-3-26-19(24)16(17(22)13-9-5-4-6-10-13)21-20-15-12-8-7-11-14(15)18(23)25-2/h4-12,22H,3H2,1-2H3/b17-16+,21-20?. The smallest absolute Gasteiger partial charge is 0.362 e. The van der Waals surface area contributed by atoms with E-state index in [0.29, 0.717) is 5.56 Å². The highest BCUT2D eigenvalue weighted by molar-refractivity contribution is 5.96. The molecule has 0 saturated heterocycles. The van der Waals surface area contributed by atoms with Gasteiger partial charge in [-0.05, 0) is 19.1 Å². The molecule has 2 aromatic carbocycles. The average Bonchev–Trinajstić information content (AvgIpc) is 2.68. The minimum Gasteiger partial charge on any atom is -0.505 e. The quantitative estimate of drug-likeness (QED) is 0.365. The molecule has 0 bridgehead atoms. The number of aliphatic hydroxyl groups is 1. The molecule has 0 amide bonds. The van der Waals surface area contributed by atoms with Gasteiger partial charge in [-0.2, -0.15) is 0 Å². The Morgan fingerprint density at radius 3 is 2.35 bits per heavy atom. The van der Waals surface area contributed by atoms with Crippen molar-refractivity contribution in [3.05, 3.63) is 71.4 Å². The molecule has 134 valence electrons. The molecule has 0 heterocycles. The summed E-state index contributed by atoms with van der Waals surface area (Å²) in [4.78, 5) is 24.0. The fourth-order valence-corrected chi connectivity index (χ4v) is 2.06. The van der Waals surface area contributed by atoms with Gasteiger partial charge in [0.2, 0.25) is 5.70 Å². The lowest BCUT2D eigenvalue weighted by Gasteiger charge is -2.06. The van der Waals surface area contributed by atoms with Crippen molar-refractivity contribution in [1.82, 2.24) is 0 Å². The third-order valence-electron chi connectivity index (χ3n) is 3.31. The maximum atomic E-state index is 12.2. The van der Waals surface area contributed by atoms with Crippen LogP contribution < -0.4 is 0 Å². The number of esters is 2. The van der Waals surface area contributed by atoms with Crippen molar-refractivity contribution in [2.24, 2.45) is 10.2 Å². The number of hydrogen-bond acceptors (Lipinski definition) is 7. The molecule has 2 rings (SSSR count). The van der Waals surface area contributed by atoms with Crippen LogP contribution in [0.2, 0.25) is 0 Å². The molecule has 0 unspecified atom stereocenters. The molecule has 0 aliphatic heterocycles. The summed E-state index contributed by atoms with van der Waals surface area (Å²) < 4.78 is 9.62. The summed E-state index contributed by atoms with van der Waals surface area (Å²) in [5.74, 6) is -1.79. The van der Waals surface area contributed by atoms with Gasteiger partial charge in [-0.3, -0.25) is 0 Å². The van der Waals surface area contributed by atoms with E-state index in [1.807, 2.05) is 0 Å². The highest BCUT2D eigenvalue weighted by Gasteiger charge is 2.19. The van der Waals surface area contributed by atoms with Gasteiger partial charge in [-0.1, -0.05) is 42.5 Å². The Bertz CT molecular complexity index is 844. The maximum Gasteiger partial charge on any atom is 0.362 e. The number of nitrogens with zero attached hydrogens (tertiary/aromatic N) is 2. The van der Waals surface area contributed by atoms with Gasteiger partial charge in [0.1, 0.15) is 5.69 Å². The van der Waals surface area contributed by atoms with E-state index in [0.717, 1.165) is 0 Å². The van der Waals surface area contributed by atoms with Crippen LogP contribution in [0.4, 0.5) is 5.69 Å². The summed E-state index contributed by atoms with van der Waals surface area (Å²) >= 11 is 0. The van der Waals surface area contributed by atoms with Crippen LogP contribution in [0.3, 0.4) is 0 Å². The molecular formula is C19H18N2O5. The van der Waals surface area contributed by atoms with Crippen molar-refractivity contribution in [2.45, 2.75) is 6.92 Å². The first-order valence-corrected chi connectivity index (χ1v) is 7.83. The molecule has 7 heteroatoms. The summed E-state index contributed by atoms with van der Waals surface area (Å²) in [6.45, 7) is 1.75. The fourth-order valence-electron chi connectivity index (χ4n) is 2.06. The fraction of sp³-hybridized carbons (Fsp3) is 0.158. The normalized spacial score (nSPS) is 11.8. The summed E-state index contributed by atoms with van der Waals surface area (Å²) in [5.41, 5.74) is 0.400. The largest absolute Gasteiger partial charge is 0.505 e. The van der Waals surface area contributed by atoms with Crippen LogP contribution in [-0.2, 0) is 14.3 Å². The van der Waals surface area contributed by atoms with Crippen molar-refractivity contribution in [1.29, 1.82) is 0 Å². The zero-order valence-electron chi connectivity index (χ0n) is 14.4. The SMILES string of the molecule is CCOC(=O)/C(N=Nc1ccccc1C(=O)OC)=C(\O)c1ccccc1. The molecule has 0 aliphatic rings. The predicted molar refractivity (Wildman–Crippen MR) is 94.9 cm³/mol. The number of azo groups is 1. The van der Waals surface area contributed by atoms with Crippen LogP contribution in [0.15, 0.2) is 70.5 Å². The lowest BCUT2D eigenvalue weighted by Crippen LogP contribution is -2.08. The molecule has 0 spiro atoms. The predicted octanol–water partition coefficient (Wildman–Crippen LogP) is 4.05. The number of benzene rings is 2. The van der Waals surface area contributed by atoms with Crippen LogP contribution in [0, 0.1) is 0 Å². The van der Waals surface area contributed by atoms with E-state index in [1.54, 1.807) is 49.4 Å². The average molecular weight is 354 g/mol. The van der Waals surface area contributed by atoms with E-state index in [1.165, 1.54) is 19.2 Å². The van der Waals surface area contributed by atoms with Crippen LogP contribution in [0.25, 0.3) is 5.76 Å². The first-order chi connectivity index (χ1) is 12.6. The topological polar surface area (TPSA) is 97.6 Å². The van der Waals surface area contributed by atoms with E-state index >= 15 is 0 Å². The Hall–Kier alpha value is -3.48. The highest BCUT2D eigenvalue weighted by Crippen LogP contribution is 2.24. The molecular weight excluding hydrogens is 336 g/mol. The van der Waals surface area contributed by atoms with Gasteiger partial charge >= 0.3 is 11.9 Å². The lowest BCUT2D eigenvalue weighted by atomic mass is 10.1. The second-order valence-corrected chi connectivity index (χ2v) is 4.99. The highest BCUT2D eigenvalue weighted by atomic mass is 16.5. The first-order valence-electron chi connectivity index (χ1n) is 7.83. The number of ether oxygens (including phenoxy) is 2. The summed E-state index contributed by atoms with van der Waals surface area (Å²) in [7, 11) is 1.25. The van der Waals surface area contributed by atoms with E-state index in [9.17, 15) is 14.7 Å². The van der Waals surface area contributed by atoms with Crippen molar-refractivity contribution < 1.29 is 24.2 Å². The molecule has 0 atom stereocenters. The zero-order chi connectivity index (χ0) is 18.9. The number of carbonyl (C=O) groups is 2. The zero-order valence-corrected chi connectivity index (χ0v) is 14.4. The van der Waals surface area contributed by atoms with Crippen molar-refractivity contribution in [2.75, 3.05) is 13.7 Å². The van der Waals surface area contributed by atoms with E-state index in [2.05, 4.69) is 10.2 Å². The number of methoxy groups -OCH3 is 1. The van der Waals surface area contributed by atoms with Gasteiger partial charge in [0.25, 0.3) is 0 Å². The minimum absolute atomic E-state index is 0.110. The number of rotatable bonds is 6. The summed E-state index contributed by atoms with van der Waals surface area (Å²) in [6, 6.07) is 14.8. The van der Waals surface area contributed by atoms with Crippen molar-refractivity contribution in [3.8, 4) is 0 Å². The van der Waals surface area contributed by atoms with E-state index in [4.69, 9.17) is 9.47 Å². The van der Waals surface area contributed by atoms with Gasteiger partial charge in [-0.25, -0.2) is 9.59 Å². The van der Waals surface area contributed by atoms with Gasteiger partial charge in [-0.15, -0.1) is 10.2 Å². The maximum absolute atomic E-state index is 12.2. The third-order valence-corrected chi connectivity index (χ3v) is 3.31. The summed E-state index contributed by atoms with van der Waals surface area (Å²) in [5, 5.41) is 18.2. The van der Waals surface area contributed by atoms with Crippen LogP contribution >= 0.6 is 0 Å². The van der Waals surface area contributed by atoms with Gasteiger partial charge < -0.3 is 14.6 Å². The molecule has 7 nitrogen and oxygen atoms in total. The van der Waals surface area contributed by atoms with Crippen LogP contribution in [0.1, 0.15) is 22.8 Å². The Kier molecular flexibility index (Phi) is 6.61. The summed E-state index contributed by atoms with van der Waals surface area (Å²) in [6.07, 6.45) is 0. The van der Waals surface area contributed by atoms with Crippen molar-refractivity contribution in [3.63, 3.8) is 0 Å². The van der Waals surface area contributed by atoms with Gasteiger partial charge in [0.15, 0.2) is 5.76 Å². The van der Waals surface area contributed by atoms with Gasteiger partial charge in [0.05, 0.1) is 19.3 Å². The molecule has 1 N–H and O–H groups in total. The van der Waals surface area contributed by atoms with Crippen LogP contribution in [-0.4, -0.2) is 30.8 Å². The first kappa shape index (κ1) is 18.9. The Balaban J connectivity index is 2.48. The molecule has 2 aromatic rings. The van der Waals surface area contributed by atoms with E-state index < -0.39 is 11.9 Å².